The lowest BCUT2D eigenvalue weighted by Crippen LogP contribution is -2.43. The van der Waals surface area contributed by atoms with E-state index in [-0.39, 0.29) is 18.4 Å². The fourth-order valence-corrected chi connectivity index (χ4v) is 6.69. The Morgan fingerprint density at radius 1 is 1.08 bits per heavy atom. The summed E-state index contributed by atoms with van der Waals surface area (Å²) in [6.45, 7) is 0.446. The topological polar surface area (TPSA) is 49.4 Å². The highest BCUT2D eigenvalue weighted by molar-refractivity contribution is 8.04. The van der Waals surface area contributed by atoms with Crippen LogP contribution in [0.5, 0.6) is 0 Å². The average Bonchev–Trinajstić information content (AvgIpc) is 2.87. The zero-order valence-electron chi connectivity index (χ0n) is 19.9. The maximum Gasteiger partial charge on any atom is 0.416 e. The predicted molar refractivity (Wildman–Crippen MR) is 141 cm³/mol. The van der Waals surface area contributed by atoms with Gasteiger partial charge in [0.1, 0.15) is 6.54 Å². The van der Waals surface area contributed by atoms with Gasteiger partial charge in [-0.05, 0) is 60.9 Å². The minimum absolute atomic E-state index is 0.115. The molecule has 1 heterocycles. The van der Waals surface area contributed by atoms with E-state index in [9.17, 15) is 22.8 Å². The first-order valence-corrected chi connectivity index (χ1v) is 14.0. The number of fused-ring (bicyclic) bond motifs is 1. The lowest BCUT2D eigenvalue weighted by molar-refractivity contribution is -0.137. The molecule has 4 nitrogen and oxygen atoms in total. The monoisotopic (exact) mass is 534 g/mol. The lowest BCUT2D eigenvalue weighted by atomic mass is 10.0. The summed E-state index contributed by atoms with van der Waals surface area (Å²) in [4.78, 5) is 28.6. The van der Waals surface area contributed by atoms with Gasteiger partial charge in [-0.3, -0.25) is 14.5 Å². The van der Waals surface area contributed by atoms with E-state index >= 15 is 0 Å². The van der Waals surface area contributed by atoms with Gasteiger partial charge in [0.2, 0.25) is 5.91 Å². The Labute approximate surface area is 218 Å². The molecule has 1 aliphatic carbocycles. The Morgan fingerprint density at radius 2 is 1.81 bits per heavy atom. The highest BCUT2D eigenvalue weighted by Crippen LogP contribution is 2.42. The molecule has 2 aromatic carbocycles. The second-order valence-electron chi connectivity index (χ2n) is 8.92. The summed E-state index contributed by atoms with van der Waals surface area (Å²) >= 11 is 3.24. The van der Waals surface area contributed by atoms with Gasteiger partial charge in [-0.2, -0.15) is 24.9 Å². The molecule has 0 atom stereocenters. The van der Waals surface area contributed by atoms with Crippen LogP contribution in [0.2, 0.25) is 0 Å². The van der Waals surface area contributed by atoms with Gasteiger partial charge >= 0.3 is 6.18 Å². The number of rotatable bonds is 8. The summed E-state index contributed by atoms with van der Waals surface area (Å²) in [6.07, 6.45) is 4.56. The van der Waals surface area contributed by atoms with Crippen LogP contribution >= 0.6 is 23.5 Å². The van der Waals surface area contributed by atoms with Crippen molar-refractivity contribution in [1.29, 1.82) is 0 Å². The van der Waals surface area contributed by atoms with Crippen molar-refractivity contribution in [2.24, 2.45) is 0 Å². The van der Waals surface area contributed by atoms with E-state index in [4.69, 9.17) is 0 Å². The first-order valence-electron chi connectivity index (χ1n) is 12.2. The molecule has 0 aromatic heterocycles. The highest BCUT2D eigenvalue weighted by Gasteiger charge is 2.31. The number of carbonyl (C=O) groups excluding carboxylic acids is 2. The minimum atomic E-state index is -4.42. The first kappa shape index (κ1) is 26.7. The van der Waals surface area contributed by atoms with Gasteiger partial charge in [0.05, 0.1) is 16.2 Å². The van der Waals surface area contributed by atoms with Crippen LogP contribution in [-0.2, 0) is 15.8 Å². The minimum Gasteiger partial charge on any atom is -0.355 e. The third-order valence-corrected chi connectivity index (χ3v) is 8.76. The number of benzene rings is 2. The number of nitrogens with zero attached hydrogens (tertiary/aromatic N) is 1. The number of hydrogen-bond acceptors (Lipinski definition) is 4. The molecular formula is C27H29F3N2O2S2. The number of halogens is 3. The summed E-state index contributed by atoms with van der Waals surface area (Å²) in [5, 5.41) is 3.67. The van der Waals surface area contributed by atoms with Crippen molar-refractivity contribution in [3.8, 4) is 0 Å². The van der Waals surface area contributed by atoms with Crippen LogP contribution in [0, 0.1) is 0 Å². The Kier molecular flexibility index (Phi) is 9.06. The predicted octanol–water partition coefficient (Wildman–Crippen LogP) is 6.76. The molecule has 1 aliphatic heterocycles. The van der Waals surface area contributed by atoms with Crippen LogP contribution < -0.4 is 10.2 Å². The Morgan fingerprint density at radius 3 is 2.53 bits per heavy atom. The summed E-state index contributed by atoms with van der Waals surface area (Å²) in [6, 6.07) is 12.0. The fraction of sp³-hybridized carbons (Fsp3) is 0.407. The van der Waals surface area contributed by atoms with Crippen molar-refractivity contribution >= 4 is 47.1 Å². The van der Waals surface area contributed by atoms with Crippen molar-refractivity contribution in [3.05, 3.63) is 64.6 Å². The third kappa shape index (κ3) is 7.09. The van der Waals surface area contributed by atoms with Gasteiger partial charge in [-0.25, -0.2) is 0 Å². The van der Waals surface area contributed by atoms with Crippen LogP contribution in [0.25, 0.3) is 6.08 Å². The molecule has 0 spiro atoms. The number of carbonyl (C=O) groups is 2. The standard InChI is InChI=1S/C27H29F3N2O2S2/c28-27(29,30)20-13-11-19(12-14-20)17-24-26(34)32(22-9-4-5-10-23(22)36-24)18-25(33)31-15-6-16-35-21-7-2-1-3-8-21/h4-5,9-14,17,21H,1-3,6-8,15-16,18H2,(H,31,33)/b24-17-. The summed E-state index contributed by atoms with van der Waals surface area (Å²) in [5.41, 5.74) is 0.395. The molecule has 0 unspecified atom stereocenters. The van der Waals surface area contributed by atoms with Gasteiger partial charge < -0.3 is 5.32 Å². The molecule has 9 heteroatoms. The van der Waals surface area contributed by atoms with E-state index in [2.05, 4.69) is 5.32 Å². The average molecular weight is 535 g/mol. The molecule has 0 saturated heterocycles. The van der Waals surface area contributed by atoms with E-state index < -0.39 is 11.7 Å². The molecule has 0 radical (unpaired) electrons. The van der Waals surface area contributed by atoms with E-state index in [0.29, 0.717) is 22.7 Å². The number of thioether (sulfide) groups is 2. The van der Waals surface area contributed by atoms with Crippen LogP contribution in [0.15, 0.2) is 58.3 Å². The smallest absolute Gasteiger partial charge is 0.355 e. The quantitative estimate of drug-likeness (QED) is 0.300. The van der Waals surface area contributed by atoms with Crippen LogP contribution in [0.4, 0.5) is 18.9 Å². The Hall–Kier alpha value is -2.39. The Balaban J connectivity index is 1.37. The first-order chi connectivity index (χ1) is 17.3. The molecule has 1 N–H and O–H groups in total. The van der Waals surface area contributed by atoms with Crippen LogP contribution in [0.1, 0.15) is 49.7 Å². The Bertz CT molecular complexity index is 1100. The van der Waals surface area contributed by atoms with Crippen molar-refractivity contribution in [3.63, 3.8) is 0 Å². The van der Waals surface area contributed by atoms with E-state index in [1.807, 2.05) is 30.0 Å². The summed E-state index contributed by atoms with van der Waals surface area (Å²) in [5.74, 6) is 0.427. The molecular weight excluding hydrogens is 505 g/mol. The van der Waals surface area contributed by atoms with E-state index in [1.54, 1.807) is 12.1 Å². The second-order valence-corrected chi connectivity index (χ2v) is 11.4. The van der Waals surface area contributed by atoms with Gasteiger partial charge in [0, 0.05) is 16.7 Å². The van der Waals surface area contributed by atoms with Crippen molar-refractivity contribution in [2.75, 3.05) is 23.7 Å². The number of amides is 2. The van der Waals surface area contributed by atoms with Crippen molar-refractivity contribution in [2.45, 2.75) is 54.8 Å². The lowest BCUT2D eigenvalue weighted by Gasteiger charge is -2.29. The number of para-hydroxylation sites is 1. The van der Waals surface area contributed by atoms with Crippen LogP contribution in [0.3, 0.4) is 0 Å². The molecule has 4 rings (SSSR count). The highest BCUT2D eigenvalue weighted by atomic mass is 32.2. The maximum absolute atomic E-state index is 13.3. The number of nitrogens with one attached hydrogen (secondary N) is 1. The normalized spacial score (nSPS) is 17.8. The number of alkyl halides is 3. The van der Waals surface area contributed by atoms with Gasteiger partial charge in [-0.15, -0.1) is 0 Å². The molecule has 2 amide bonds. The SMILES string of the molecule is O=C(CN1C(=O)/C(=C/c2ccc(C(F)(F)F)cc2)Sc2ccccc21)NCCCSC1CCCCC1. The van der Waals surface area contributed by atoms with Gasteiger partial charge in [-0.1, -0.05) is 55.3 Å². The zero-order valence-corrected chi connectivity index (χ0v) is 21.5. The van der Waals surface area contributed by atoms with E-state index in [1.165, 1.54) is 60.9 Å². The fourth-order valence-electron chi connectivity index (χ4n) is 4.32. The molecule has 1 saturated carbocycles. The van der Waals surface area contributed by atoms with Crippen molar-refractivity contribution in [1.82, 2.24) is 5.32 Å². The van der Waals surface area contributed by atoms with Crippen molar-refractivity contribution < 1.29 is 22.8 Å². The van der Waals surface area contributed by atoms with Gasteiger partial charge in [0.15, 0.2) is 0 Å². The molecule has 2 aliphatic rings. The van der Waals surface area contributed by atoms with Crippen LogP contribution in [-0.4, -0.2) is 35.9 Å². The molecule has 1 fully saturated rings. The summed E-state index contributed by atoms with van der Waals surface area (Å²) < 4.78 is 38.6. The zero-order chi connectivity index (χ0) is 25.5. The number of anilines is 1. The number of hydrogen-bond donors (Lipinski definition) is 1. The second kappa shape index (κ2) is 12.2. The molecule has 0 bridgehead atoms. The maximum atomic E-state index is 13.3. The molecule has 36 heavy (non-hydrogen) atoms. The largest absolute Gasteiger partial charge is 0.416 e. The van der Waals surface area contributed by atoms with Gasteiger partial charge in [0.25, 0.3) is 5.91 Å². The third-order valence-electron chi connectivity index (χ3n) is 6.22. The molecule has 192 valence electrons. The summed E-state index contributed by atoms with van der Waals surface area (Å²) in [7, 11) is 0. The molecule has 2 aromatic rings. The van der Waals surface area contributed by atoms with E-state index in [0.717, 1.165) is 34.5 Å².